The monoisotopic (exact) mass is 270 g/mol. The highest BCUT2D eigenvalue weighted by molar-refractivity contribution is 5.89. The maximum absolute atomic E-state index is 11.1. The number of hydrogen-bond donors (Lipinski definition) is 1. The molecule has 1 aromatic heterocycles. The first kappa shape index (κ1) is 12.5. The van der Waals surface area contributed by atoms with Crippen molar-refractivity contribution >= 4 is 11.8 Å². The fraction of sp³-hybridized carbons (Fsp3) is 0.200. The lowest BCUT2D eigenvalue weighted by Gasteiger charge is -2.14. The lowest BCUT2D eigenvalue weighted by Crippen LogP contribution is -2.26. The fourth-order valence-electron chi connectivity index (χ4n) is 2.30. The molecule has 1 aliphatic heterocycles. The molecule has 0 atom stereocenters. The maximum atomic E-state index is 11.1. The van der Waals surface area contributed by atoms with Crippen LogP contribution in [-0.4, -0.2) is 22.7 Å². The third-order valence-electron chi connectivity index (χ3n) is 3.31. The number of benzene rings is 1. The maximum Gasteiger partial charge on any atom is 0.411 e. The number of pyridine rings is 1. The number of amides is 1. The molecule has 0 spiro atoms. The second-order valence-corrected chi connectivity index (χ2v) is 4.62. The van der Waals surface area contributed by atoms with Gasteiger partial charge in [0.1, 0.15) is 12.4 Å². The summed E-state index contributed by atoms with van der Waals surface area (Å²) in [7, 11) is 0. The van der Waals surface area contributed by atoms with Crippen molar-refractivity contribution in [1.29, 1.82) is 0 Å². The Hall–Kier alpha value is -2.56. The molecule has 0 saturated carbocycles. The molecule has 0 radical (unpaired) electrons. The Morgan fingerprint density at radius 3 is 3.05 bits per heavy atom. The molecule has 1 N–H and O–H groups in total. The van der Waals surface area contributed by atoms with Gasteiger partial charge >= 0.3 is 6.09 Å². The lowest BCUT2D eigenvalue weighted by atomic mass is 10.1. The van der Waals surface area contributed by atoms with Crippen LogP contribution in [0.25, 0.3) is 0 Å². The van der Waals surface area contributed by atoms with Crippen LogP contribution in [0.5, 0.6) is 5.75 Å². The average Bonchev–Trinajstić information content (AvgIpc) is 2.89. The van der Waals surface area contributed by atoms with Gasteiger partial charge < -0.3 is 9.84 Å². The van der Waals surface area contributed by atoms with Gasteiger partial charge in [0.2, 0.25) is 0 Å². The molecule has 1 aliphatic rings. The quantitative estimate of drug-likeness (QED) is 0.931. The van der Waals surface area contributed by atoms with Crippen molar-refractivity contribution < 1.29 is 14.6 Å². The zero-order valence-corrected chi connectivity index (χ0v) is 10.8. The van der Waals surface area contributed by atoms with Gasteiger partial charge in [-0.2, -0.15) is 0 Å². The van der Waals surface area contributed by atoms with Crippen molar-refractivity contribution in [1.82, 2.24) is 4.98 Å². The average molecular weight is 270 g/mol. The Balaban J connectivity index is 1.76. The Labute approximate surface area is 116 Å². The second-order valence-electron chi connectivity index (χ2n) is 4.62. The molecule has 5 heteroatoms. The summed E-state index contributed by atoms with van der Waals surface area (Å²) < 4.78 is 5.69. The van der Waals surface area contributed by atoms with E-state index in [0.717, 1.165) is 23.2 Å². The third kappa shape index (κ3) is 2.42. The number of carbonyl (C=O) groups is 1. The molecule has 2 heterocycles. The fourth-order valence-corrected chi connectivity index (χ4v) is 2.30. The van der Waals surface area contributed by atoms with Crippen LogP contribution in [0.3, 0.4) is 0 Å². The first-order valence-electron chi connectivity index (χ1n) is 6.39. The van der Waals surface area contributed by atoms with Crippen LogP contribution >= 0.6 is 0 Å². The Morgan fingerprint density at radius 2 is 2.30 bits per heavy atom. The number of rotatable bonds is 3. The highest BCUT2D eigenvalue weighted by Gasteiger charge is 2.24. The second kappa shape index (κ2) is 5.21. The van der Waals surface area contributed by atoms with E-state index in [1.54, 1.807) is 18.5 Å². The summed E-state index contributed by atoms with van der Waals surface area (Å²) in [5.74, 6) is 0.667. The molecule has 5 nitrogen and oxygen atoms in total. The van der Waals surface area contributed by atoms with E-state index in [9.17, 15) is 4.79 Å². The van der Waals surface area contributed by atoms with E-state index in [0.29, 0.717) is 18.9 Å². The molecule has 0 unspecified atom stereocenters. The smallest absolute Gasteiger partial charge is 0.411 e. The summed E-state index contributed by atoms with van der Waals surface area (Å²) in [6.45, 7) is 0.927. The topological polar surface area (TPSA) is 62.7 Å². The van der Waals surface area contributed by atoms with Crippen molar-refractivity contribution in [2.24, 2.45) is 0 Å². The predicted molar refractivity (Wildman–Crippen MR) is 74.1 cm³/mol. The van der Waals surface area contributed by atoms with E-state index in [4.69, 9.17) is 9.84 Å². The Bertz CT molecular complexity index is 628. The number of carboxylic acid groups (broad SMARTS) is 1. The van der Waals surface area contributed by atoms with Crippen molar-refractivity contribution in [3.63, 3.8) is 0 Å². The third-order valence-corrected chi connectivity index (χ3v) is 3.31. The summed E-state index contributed by atoms with van der Waals surface area (Å²) in [5.41, 5.74) is 2.74. The van der Waals surface area contributed by atoms with E-state index < -0.39 is 6.09 Å². The van der Waals surface area contributed by atoms with Gasteiger partial charge in [-0.15, -0.1) is 0 Å². The Kier molecular flexibility index (Phi) is 3.25. The molecule has 1 aromatic carbocycles. The van der Waals surface area contributed by atoms with Gasteiger partial charge in [0.05, 0.1) is 5.69 Å². The van der Waals surface area contributed by atoms with Gasteiger partial charge in [-0.25, -0.2) is 4.79 Å². The molecule has 2 aromatic rings. The van der Waals surface area contributed by atoms with E-state index >= 15 is 0 Å². The number of hydrogen-bond acceptors (Lipinski definition) is 3. The van der Waals surface area contributed by atoms with Crippen molar-refractivity contribution in [2.75, 3.05) is 11.4 Å². The van der Waals surface area contributed by atoms with Crippen molar-refractivity contribution in [2.45, 2.75) is 13.0 Å². The van der Waals surface area contributed by atoms with Gasteiger partial charge in [-0.3, -0.25) is 9.88 Å². The number of anilines is 1. The van der Waals surface area contributed by atoms with Gasteiger partial charge in [-0.05, 0) is 24.1 Å². The molecule has 0 aliphatic carbocycles. The van der Waals surface area contributed by atoms with Gasteiger partial charge in [0.25, 0.3) is 0 Å². The molecule has 20 heavy (non-hydrogen) atoms. The number of ether oxygens (including phenoxy) is 1. The molecular formula is C15H14N2O3. The van der Waals surface area contributed by atoms with Gasteiger partial charge in [-0.1, -0.05) is 12.1 Å². The highest BCUT2D eigenvalue weighted by Crippen LogP contribution is 2.32. The summed E-state index contributed by atoms with van der Waals surface area (Å²) >= 11 is 0. The van der Waals surface area contributed by atoms with Crippen LogP contribution in [0.2, 0.25) is 0 Å². The van der Waals surface area contributed by atoms with Crippen LogP contribution in [0.1, 0.15) is 11.1 Å². The normalized spacial score (nSPS) is 13.1. The van der Waals surface area contributed by atoms with Crippen LogP contribution in [-0.2, 0) is 13.0 Å². The summed E-state index contributed by atoms with van der Waals surface area (Å²) in [6.07, 6.45) is 3.29. The molecule has 0 bridgehead atoms. The zero-order valence-electron chi connectivity index (χ0n) is 10.8. The zero-order chi connectivity index (χ0) is 13.9. The molecule has 3 rings (SSSR count). The molecular weight excluding hydrogens is 256 g/mol. The first-order valence-corrected chi connectivity index (χ1v) is 6.39. The summed E-state index contributed by atoms with van der Waals surface area (Å²) in [4.78, 5) is 16.5. The van der Waals surface area contributed by atoms with Gasteiger partial charge in [0, 0.05) is 30.6 Å². The minimum absolute atomic E-state index is 0.416. The van der Waals surface area contributed by atoms with Crippen molar-refractivity contribution in [3.8, 4) is 5.75 Å². The van der Waals surface area contributed by atoms with E-state index in [2.05, 4.69) is 4.98 Å². The van der Waals surface area contributed by atoms with E-state index in [-0.39, 0.29) is 0 Å². The van der Waals surface area contributed by atoms with E-state index in [1.807, 2.05) is 24.3 Å². The van der Waals surface area contributed by atoms with Crippen LogP contribution < -0.4 is 9.64 Å². The Morgan fingerprint density at radius 1 is 1.40 bits per heavy atom. The van der Waals surface area contributed by atoms with Crippen LogP contribution in [0.15, 0.2) is 42.7 Å². The minimum Gasteiger partial charge on any atom is -0.489 e. The molecule has 0 fully saturated rings. The lowest BCUT2D eigenvalue weighted by molar-refractivity contribution is 0.202. The molecule has 1 amide bonds. The first-order chi connectivity index (χ1) is 9.74. The number of aromatic nitrogens is 1. The standard InChI is InChI=1S/C15H14N2O3/c18-15(19)17-7-5-12-3-4-13(8-14(12)17)20-10-11-2-1-6-16-9-11/h1-4,6,8-9H,5,7,10H2,(H,18,19). The van der Waals surface area contributed by atoms with Gasteiger partial charge in [0.15, 0.2) is 0 Å². The molecule has 102 valence electrons. The van der Waals surface area contributed by atoms with Crippen molar-refractivity contribution in [3.05, 3.63) is 53.9 Å². The number of fused-ring (bicyclic) bond motifs is 1. The SMILES string of the molecule is O=C(O)N1CCc2ccc(OCc3cccnc3)cc21. The minimum atomic E-state index is -0.923. The van der Waals surface area contributed by atoms with E-state index in [1.165, 1.54) is 4.90 Å². The highest BCUT2D eigenvalue weighted by atomic mass is 16.5. The number of nitrogens with zero attached hydrogens (tertiary/aromatic N) is 2. The predicted octanol–water partition coefficient (Wildman–Crippen LogP) is 2.70. The largest absolute Gasteiger partial charge is 0.489 e. The summed E-state index contributed by atoms with van der Waals surface area (Å²) in [5, 5.41) is 9.14. The summed E-state index contributed by atoms with van der Waals surface area (Å²) in [6, 6.07) is 9.38. The molecule has 0 saturated heterocycles. The van der Waals surface area contributed by atoms with Crippen LogP contribution in [0.4, 0.5) is 10.5 Å². The van der Waals surface area contributed by atoms with Crippen LogP contribution in [0, 0.1) is 0 Å².